The Kier molecular flexibility index (Phi) is 14.6. The van der Waals surface area contributed by atoms with E-state index in [4.69, 9.17) is 5.11 Å². The van der Waals surface area contributed by atoms with Crippen molar-refractivity contribution < 1.29 is 24.3 Å². The summed E-state index contributed by atoms with van der Waals surface area (Å²) in [6.07, 6.45) is 4.63. The van der Waals surface area contributed by atoms with Gasteiger partial charge in [-0.1, -0.05) is 6.92 Å². The van der Waals surface area contributed by atoms with Crippen molar-refractivity contribution in [2.75, 3.05) is 19.6 Å². The molecule has 0 saturated carbocycles. The number of hydrogen-bond donors (Lipinski definition) is 5. The van der Waals surface area contributed by atoms with Gasteiger partial charge in [0.1, 0.15) is 12.1 Å². The SMILES string of the molecule is CCCN[C@@H](CCCCNC(=O)[C@H](CCCCNC(C)=O)NC(C)=O)C(=O)O. The van der Waals surface area contributed by atoms with Gasteiger partial charge < -0.3 is 26.4 Å². The number of carboxylic acids is 1. The first-order chi connectivity index (χ1) is 13.3. The average molecular weight is 401 g/mol. The van der Waals surface area contributed by atoms with E-state index >= 15 is 0 Å². The lowest BCUT2D eigenvalue weighted by molar-refractivity contribution is -0.139. The molecule has 9 heteroatoms. The molecule has 0 heterocycles. The molecule has 0 rings (SSSR count). The molecule has 0 saturated heterocycles. The van der Waals surface area contributed by atoms with Crippen molar-refractivity contribution in [1.82, 2.24) is 21.3 Å². The van der Waals surface area contributed by atoms with E-state index in [1.807, 2.05) is 6.92 Å². The first-order valence-electron chi connectivity index (χ1n) is 10.0. The highest BCUT2D eigenvalue weighted by molar-refractivity contribution is 5.86. The summed E-state index contributed by atoms with van der Waals surface area (Å²) in [5.41, 5.74) is 0. The van der Waals surface area contributed by atoms with Gasteiger partial charge in [0.15, 0.2) is 0 Å². The highest BCUT2D eigenvalue weighted by Gasteiger charge is 2.19. The van der Waals surface area contributed by atoms with E-state index in [0.717, 1.165) is 12.8 Å². The molecule has 0 aromatic rings. The third-order valence-corrected chi connectivity index (χ3v) is 4.15. The molecule has 0 fully saturated rings. The van der Waals surface area contributed by atoms with Crippen molar-refractivity contribution in [1.29, 1.82) is 0 Å². The number of rotatable bonds is 16. The van der Waals surface area contributed by atoms with Crippen LogP contribution in [0, 0.1) is 0 Å². The van der Waals surface area contributed by atoms with Crippen LogP contribution in [0.2, 0.25) is 0 Å². The maximum Gasteiger partial charge on any atom is 0.320 e. The Morgan fingerprint density at radius 3 is 1.86 bits per heavy atom. The van der Waals surface area contributed by atoms with Crippen molar-refractivity contribution in [3.63, 3.8) is 0 Å². The van der Waals surface area contributed by atoms with Crippen molar-refractivity contribution >= 4 is 23.7 Å². The van der Waals surface area contributed by atoms with Crippen LogP contribution in [0.1, 0.15) is 65.7 Å². The summed E-state index contributed by atoms with van der Waals surface area (Å²) in [5, 5.41) is 20.3. The van der Waals surface area contributed by atoms with Crippen molar-refractivity contribution in [3.8, 4) is 0 Å². The summed E-state index contributed by atoms with van der Waals surface area (Å²) in [6, 6.07) is -1.17. The molecular weight excluding hydrogens is 364 g/mol. The van der Waals surface area contributed by atoms with E-state index in [1.165, 1.54) is 13.8 Å². The normalized spacial score (nSPS) is 12.7. The Labute approximate surface area is 167 Å². The lowest BCUT2D eigenvalue weighted by atomic mass is 10.1. The largest absolute Gasteiger partial charge is 0.480 e. The molecule has 0 bridgehead atoms. The molecule has 0 aliphatic heterocycles. The van der Waals surface area contributed by atoms with Gasteiger partial charge in [-0.25, -0.2) is 0 Å². The molecule has 28 heavy (non-hydrogen) atoms. The smallest absolute Gasteiger partial charge is 0.320 e. The number of hydrogen-bond acceptors (Lipinski definition) is 5. The summed E-state index contributed by atoms with van der Waals surface area (Å²) >= 11 is 0. The minimum Gasteiger partial charge on any atom is -0.480 e. The number of carbonyl (C=O) groups excluding carboxylic acids is 3. The van der Waals surface area contributed by atoms with Crippen molar-refractivity contribution in [2.45, 2.75) is 77.8 Å². The molecule has 0 aliphatic rings. The summed E-state index contributed by atoms with van der Waals surface area (Å²) in [4.78, 5) is 45.6. The zero-order valence-electron chi connectivity index (χ0n) is 17.3. The number of carbonyl (C=O) groups is 4. The third-order valence-electron chi connectivity index (χ3n) is 4.15. The monoisotopic (exact) mass is 400 g/mol. The molecule has 5 N–H and O–H groups in total. The number of amides is 3. The Morgan fingerprint density at radius 2 is 1.36 bits per heavy atom. The fraction of sp³-hybridized carbons (Fsp3) is 0.789. The molecular formula is C19H36N4O5. The van der Waals surface area contributed by atoms with E-state index < -0.39 is 18.1 Å². The second-order valence-electron chi connectivity index (χ2n) is 6.86. The van der Waals surface area contributed by atoms with Gasteiger partial charge in [-0.05, 0) is 51.5 Å². The fourth-order valence-electron chi connectivity index (χ4n) is 2.69. The first kappa shape index (κ1) is 25.8. The Balaban J connectivity index is 4.16. The van der Waals surface area contributed by atoms with Gasteiger partial charge in [-0.15, -0.1) is 0 Å². The summed E-state index contributed by atoms with van der Waals surface area (Å²) in [5.74, 6) is -1.46. The van der Waals surface area contributed by atoms with Crippen molar-refractivity contribution in [2.24, 2.45) is 0 Å². The van der Waals surface area contributed by atoms with Gasteiger partial charge in [0.05, 0.1) is 0 Å². The maximum absolute atomic E-state index is 12.3. The quantitative estimate of drug-likeness (QED) is 0.240. The van der Waals surface area contributed by atoms with Crippen LogP contribution in [-0.2, 0) is 19.2 Å². The van der Waals surface area contributed by atoms with Crippen LogP contribution in [0.15, 0.2) is 0 Å². The second kappa shape index (κ2) is 15.9. The molecule has 162 valence electrons. The van der Waals surface area contributed by atoms with Gasteiger partial charge in [0.2, 0.25) is 17.7 Å². The van der Waals surface area contributed by atoms with E-state index in [-0.39, 0.29) is 17.7 Å². The van der Waals surface area contributed by atoms with Crippen LogP contribution in [0.25, 0.3) is 0 Å². The molecule has 0 aromatic heterocycles. The summed E-state index contributed by atoms with van der Waals surface area (Å²) in [7, 11) is 0. The molecule has 0 spiro atoms. The minimum atomic E-state index is -0.859. The van der Waals surface area contributed by atoms with Crippen LogP contribution in [0.3, 0.4) is 0 Å². The number of nitrogens with one attached hydrogen (secondary N) is 4. The topological polar surface area (TPSA) is 137 Å². The van der Waals surface area contributed by atoms with Gasteiger partial charge in [-0.2, -0.15) is 0 Å². The third kappa shape index (κ3) is 14.0. The molecule has 0 unspecified atom stereocenters. The van der Waals surface area contributed by atoms with Crippen molar-refractivity contribution in [3.05, 3.63) is 0 Å². The lowest BCUT2D eigenvalue weighted by Crippen LogP contribution is -2.46. The predicted octanol–water partition coefficient (Wildman–Crippen LogP) is 0.537. The first-order valence-corrected chi connectivity index (χ1v) is 10.0. The zero-order chi connectivity index (χ0) is 21.4. The Hall–Kier alpha value is -2.16. The van der Waals surface area contributed by atoms with E-state index in [9.17, 15) is 19.2 Å². The Bertz CT molecular complexity index is 499. The molecule has 2 atom stereocenters. The minimum absolute atomic E-state index is 0.0915. The highest BCUT2D eigenvalue weighted by Crippen LogP contribution is 2.04. The number of aliphatic carboxylic acids is 1. The lowest BCUT2D eigenvalue weighted by Gasteiger charge is -2.18. The van der Waals surface area contributed by atoms with Crippen LogP contribution in [0.5, 0.6) is 0 Å². The van der Waals surface area contributed by atoms with Crippen LogP contribution < -0.4 is 21.3 Å². The van der Waals surface area contributed by atoms with Gasteiger partial charge in [0.25, 0.3) is 0 Å². The molecule has 0 aliphatic carbocycles. The van der Waals surface area contributed by atoms with E-state index in [2.05, 4.69) is 21.3 Å². The average Bonchev–Trinajstić information content (AvgIpc) is 2.61. The number of unbranched alkanes of at least 4 members (excludes halogenated alkanes) is 2. The maximum atomic E-state index is 12.3. The standard InChI is InChI=1S/C19H36N4O5/c1-4-11-21-17(19(27)28)10-6-8-13-22-18(26)16(23-15(3)25)9-5-7-12-20-14(2)24/h16-17,21H,4-13H2,1-3H3,(H,20,24)(H,22,26)(H,23,25)(H,27,28)/t16-,17-/m0/s1. The van der Waals surface area contributed by atoms with Crippen LogP contribution in [0.4, 0.5) is 0 Å². The summed E-state index contributed by atoms with van der Waals surface area (Å²) in [6.45, 7) is 6.43. The highest BCUT2D eigenvalue weighted by atomic mass is 16.4. The van der Waals surface area contributed by atoms with E-state index in [1.54, 1.807) is 0 Å². The Morgan fingerprint density at radius 1 is 0.786 bits per heavy atom. The van der Waals surface area contributed by atoms with E-state index in [0.29, 0.717) is 51.7 Å². The number of carboxylic acid groups (broad SMARTS) is 1. The molecule has 3 amide bonds. The molecule has 9 nitrogen and oxygen atoms in total. The summed E-state index contributed by atoms with van der Waals surface area (Å²) < 4.78 is 0. The predicted molar refractivity (Wildman–Crippen MR) is 107 cm³/mol. The fourth-order valence-corrected chi connectivity index (χ4v) is 2.69. The molecule has 0 radical (unpaired) electrons. The van der Waals surface area contributed by atoms with Gasteiger partial charge in [-0.3, -0.25) is 19.2 Å². The van der Waals surface area contributed by atoms with Crippen LogP contribution in [-0.4, -0.2) is 60.5 Å². The second-order valence-corrected chi connectivity index (χ2v) is 6.86. The van der Waals surface area contributed by atoms with Gasteiger partial charge in [0, 0.05) is 26.9 Å². The molecule has 0 aromatic carbocycles. The van der Waals surface area contributed by atoms with Gasteiger partial charge >= 0.3 is 5.97 Å². The van der Waals surface area contributed by atoms with Crippen LogP contribution >= 0.6 is 0 Å². The zero-order valence-corrected chi connectivity index (χ0v) is 17.3.